The van der Waals surface area contributed by atoms with Crippen LogP contribution in [-0.2, 0) is 12.2 Å². The van der Waals surface area contributed by atoms with Gasteiger partial charge in [-0.2, -0.15) is 11.8 Å². The van der Waals surface area contributed by atoms with Crippen LogP contribution in [0.15, 0.2) is 6.20 Å². The van der Waals surface area contributed by atoms with Crippen LogP contribution in [0.1, 0.15) is 60.9 Å². The molecule has 0 radical (unpaired) electrons. The molecular formula is C14H20N2O2S. The van der Waals surface area contributed by atoms with E-state index < -0.39 is 5.97 Å². The number of aromatic carboxylic acids is 1. The molecule has 0 atom stereocenters. The highest BCUT2D eigenvalue weighted by atomic mass is 32.2. The number of rotatable bonds is 5. The highest BCUT2D eigenvalue weighted by Crippen LogP contribution is 2.29. The predicted octanol–water partition coefficient (Wildman–Crippen LogP) is 3.30. The van der Waals surface area contributed by atoms with Gasteiger partial charge in [-0.05, 0) is 19.3 Å². The van der Waals surface area contributed by atoms with E-state index in [1.165, 1.54) is 38.3 Å². The first-order valence-corrected chi connectivity index (χ1v) is 7.95. The van der Waals surface area contributed by atoms with Crippen LogP contribution in [0, 0.1) is 0 Å². The van der Waals surface area contributed by atoms with E-state index in [9.17, 15) is 4.79 Å². The average Bonchev–Trinajstić information content (AvgIpc) is 2.45. The van der Waals surface area contributed by atoms with E-state index in [-0.39, 0.29) is 5.56 Å². The van der Waals surface area contributed by atoms with Crippen molar-refractivity contribution in [3.8, 4) is 0 Å². The van der Waals surface area contributed by atoms with Crippen molar-refractivity contribution in [1.29, 1.82) is 0 Å². The fourth-order valence-electron chi connectivity index (χ4n) is 2.40. The summed E-state index contributed by atoms with van der Waals surface area (Å²) >= 11 is 1.91. The molecule has 0 unspecified atom stereocenters. The lowest BCUT2D eigenvalue weighted by atomic mass is 10.0. The number of hydrogen-bond acceptors (Lipinski definition) is 4. The van der Waals surface area contributed by atoms with E-state index in [0.29, 0.717) is 12.1 Å². The van der Waals surface area contributed by atoms with Crippen molar-refractivity contribution in [1.82, 2.24) is 9.97 Å². The smallest absolute Gasteiger partial charge is 0.339 e. The number of carboxylic acid groups (broad SMARTS) is 1. The van der Waals surface area contributed by atoms with Gasteiger partial charge in [0, 0.05) is 11.4 Å². The van der Waals surface area contributed by atoms with Crippen LogP contribution in [0.3, 0.4) is 0 Å². The van der Waals surface area contributed by atoms with Gasteiger partial charge in [0.25, 0.3) is 0 Å². The Morgan fingerprint density at radius 3 is 2.79 bits per heavy atom. The first kappa shape index (κ1) is 14.3. The lowest BCUT2D eigenvalue weighted by molar-refractivity contribution is 0.0694. The molecule has 0 aliphatic heterocycles. The van der Waals surface area contributed by atoms with Crippen molar-refractivity contribution in [2.75, 3.05) is 0 Å². The maximum atomic E-state index is 11.0. The number of nitrogens with zero attached hydrogens (tertiary/aromatic N) is 2. The molecule has 4 nitrogen and oxygen atoms in total. The van der Waals surface area contributed by atoms with Crippen molar-refractivity contribution >= 4 is 17.7 Å². The molecule has 0 saturated heterocycles. The van der Waals surface area contributed by atoms with E-state index in [2.05, 4.69) is 9.97 Å². The third-order valence-electron chi connectivity index (χ3n) is 3.48. The van der Waals surface area contributed by atoms with Crippen LogP contribution in [0.25, 0.3) is 0 Å². The second-order valence-corrected chi connectivity index (χ2v) is 6.17. The molecule has 0 aromatic carbocycles. The fourth-order valence-corrected chi connectivity index (χ4v) is 3.59. The van der Waals surface area contributed by atoms with Crippen molar-refractivity contribution in [3.63, 3.8) is 0 Å². The first-order valence-electron chi connectivity index (χ1n) is 6.90. The Balaban J connectivity index is 1.98. The van der Waals surface area contributed by atoms with Crippen molar-refractivity contribution in [2.45, 2.75) is 56.5 Å². The van der Waals surface area contributed by atoms with Crippen LogP contribution in [0.4, 0.5) is 0 Å². The summed E-state index contributed by atoms with van der Waals surface area (Å²) in [4.78, 5) is 19.6. The molecule has 0 spiro atoms. The molecule has 5 heteroatoms. The zero-order valence-electron chi connectivity index (χ0n) is 11.3. The largest absolute Gasteiger partial charge is 0.478 e. The summed E-state index contributed by atoms with van der Waals surface area (Å²) in [6.45, 7) is 1.92. The first-order chi connectivity index (χ1) is 9.20. The van der Waals surface area contributed by atoms with E-state index in [4.69, 9.17) is 5.11 Å². The molecule has 1 N–H and O–H groups in total. The third kappa shape index (κ3) is 3.93. The molecule has 1 aromatic rings. The van der Waals surface area contributed by atoms with Gasteiger partial charge in [0.15, 0.2) is 0 Å². The van der Waals surface area contributed by atoms with Crippen LogP contribution in [-0.4, -0.2) is 26.3 Å². The molecular weight excluding hydrogens is 260 g/mol. The normalized spacial score (nSPS) is 16.5. The van der Waals surface area contributed by atoms with Gasteiger partial charge in [0.2, 0.25) is 0 Å². The van der Waals surface area contributed by atoms with E-state index in [1.54, 1.807) is 0 Å². The van der Waals surface area contributed by atoms with E-state index >= 15 is 0 Å². The molecule has 0 bridgehead atoms. The zero-order valence-corrected chi connectivity index (χ0v) is 12.1. The summed E-state index contributed by atoms with van der Waals surface area (Å²) in [6, 6.07) is 0. The second-order valence-electron chi connectivity index (χ2n) is 4.88. The minimum absolute atomic E-state index is 0.230. The zero-order chi connectivity index (χ0) is 13.7. The van der Waals surface area contributed by atoms with Crippen molar-refractivity contribution in [3.05, 3.63) is 23.3 Å². The van der Waals surface area contributed by atoms with Gasteiger partial charge in [0.1, 0.15) is 5.82 Å². The number of carbonyl (C=O) groups is 1. The molecule has 0 amide bonds. The number of aryl methyl sites for hydroxylation is 1. The third-order valence-corrected chi connectivity index (χ3v) is 4.85. The maximum absolute atomic E-state index is 11.0. The van der Waals surface area contributed by atoms with Gasteiger partial charge >= 0.3 is 5.97 Å². The van der Waals surface area contributed by atoms with Gasteiger partial charge in [-0.25, -0.2) is 14.8 Å². The summed E-state index contributed by atoms with van der Waals surface area (Å²) in [5, 5.41) is 9.76. The molecule has 19 heavy (non-hydrogen) atoms. The Morgan fingerprint density at radius 1 is 1.42 bits per heavy atom. The Morgan fingerprint density at radius 2 is 2.16 bits per heavy atom. The SMILES string of the molecule is CCc1nc(CSC2CCCCC2)ncc1C(=O)O. The Bertz CT molecular complexity index is 445. The summed E-state index contributed by atoms with van der Waals surface area (Å²) in [5.41, 5.74) is 0.871. The van der Waals surface area contributed by atoms with Gasteiger partial charge in [-0.1, -0.05) is 26.2 Å². The van der Waals surface area contributed by atoms with E-state index in [1.807, 2.05) is 18.7 Å². The molecule has 1 heterocycles. The fraction of sp³-hybridized carbons (Fsp3) is 0.643. The standard InChI is InChI=1S/C14H20N2O2S/c1-2-12-11(14(17)18)8-15-13(16-12)9-19-10-6-4-3-5-7-10/h8,10H,2-7,9H2,1H3,(H,17,18). The molecule has 1 saturated carbocycles. The molecule has 1 aliphatic rings. The van der Waals surface area contributed by atoms with Crippen molar-refractivity contribution < 1.29 is 9.90 Å². The number of aromatic nitrogens is 2. The maximum Gasteiger partial charge on any atom is 0.339 e. The van der Waals surface area contributed by atoms with Gasteiger partial charge in [-0.3, -0.25) is 0 Å². The average molecular weight is 280 g/mol. The molecule has 104 valence electrons. The number of thioether (sulfide) groups is 1. The minimum Gasteiger partial charge on any atom is -0.478 e. The number of carboxylic acids is 1. The van der Waals surface area contributed by atoms with E-state index in [0.717, 1.165) is 16.8 Å². The molecule has 1 aliphatic carbocycles. The van der Waals surface area contributed by atoms with Crippen LogP contribution >= 0.6 is 11.8 Å². The Kier molecular flexibility index (Phi) is 5.19. The summed E-state index contributed by atoms with van der Waals surface area (Å²) in [7, 11) is 0. The predicted molar refractivity (Wildman–Crippen MR) is 76.5 cm³/mol. The molecule has 1 aromatic heterocycles. The van der Waals surface area contributed by atoms with Gasteiger partial charge < -0.3 is 5.11 Å². The lowest BCUT2D eigenvalue weighted by Gasteiger charge is -2.20. The van der Waals surface area contributed by atoms with Crippen LogP contribution in [0.2, 0.25) is 0 Å². The summed E-state index contributed by atoms with van der Waals surface area (Å²) in [5.74, 6) is 0.609. The summed E-state index contributed by atoms with van der Waals surface area (Å²) < 4.78 is 0. The highest BCUT2D eigenvalue weighted by molar-refractivity contribution is 7.99. The Hall–Kier alpha value is -1.10. The van der Waals surface area contributed by atoms with Crippen LogP contribution < -0.4 is 0 Å². The summed E-state index contributed by atoms with van der Waals surface area (Å²) in [6.07, 6.45) is 8.68. The Labute approximate surface area is 118 Å². The molecule has 2 rings (SSSR count). The lowest BCUT2D eigenvalue weighted by Crippen LogP contribution is -2.11. The quantitative estimate of drug-likeness (QED) is 0.896. The van der Waals surface area contributed by atoms with Gasteiger partial charge in [0.05, 0.1) is 17.0 Å². The van der Waals surface area contributed by atoms with Crippen LogP contribution in [0.5, 0.6) is 0 Å². The monoisotopic (exact) mass is 280 g/mol. The topological polar surface area (TPSA) is 63.1 Å². The highest BCUT2D eigenvalue weighted by Gasteiger charge is 2.16. The van der Waals surface area contributed by atoms with Crippen molar-refractivity contribution in [2.24, 2.45) is 0 Å². The molecule has 1 fully saturated rings. The number of hydrogen-bond donors (Lipinski definition) is 1. The minimum atomic E-state index is -0.941. The second kappa shape index (κ2) is 6.89. The van der Waals surface area contributed by atoms with Gasteiger partial charge in [-0.15, -0.1) is 0 Å².